The SMILES string of the molecule is CN(C)c1ccc(Cl)cc1NC(=O)c1ccc(N2CCCC2)c([N+](=O)[O-])c1. The number of carbonyl (C=O) groups excluding carboxylic acids is 1. The van der Waals surface area contributed by atoms with Crippen LogP contribution < -0.4 is 15.1 Å². The van der Waals surface area contributed by atoms with Crippen molar-refractivity contribution in [2.45, 2.75) is 12.8 Å². The molecule has 2 aromatic carbocycles. The van der Waals surface area contributed by atoms with Crippen LogP contribution in [0.3, 0.4) is 0 Å². The van der Waals surface area contributed by atoms with Crippen molar-refractivity contribution in [2.75, 3.05) is 42.3 Å². The van der Waals surface area contributed by atoms with E-state index in [-0.39, 0.29) is 11.3 Å². The fraction of sp³-hybridized carbons (Fsp3) is 0.316. The van der Waals surface area contributed by atoms with Gasteiger partial charge in [-0.1, -0.05) is 11.6 Å². The minimum atomic E-state index is -0.435. The van der Waals surface area contributed by atoms with Crippen molar-refractivity contribution in [3.8, 4) is 0 Å². The van der Waals surface area contributed by atoms with E-state index < -0.39 is 10.8 Å². The van der Waals surface area contributed by atoms with Gasteiger partial charge in [0.05, 0.1) is 16.3 Å². The zero-order valence-corrected chi connectivity index (χ0v) is 16.0. The number of hydrogen-bond acceptors (Lipinski definition) is 5. The Kier molecular flexibility index (Phi) is 5.51. The second-order valence-corrected chi connectivity index (χ2v) is 7.10. The summed E-state index contributed by atoms with van der Waals surface area (Å²) in [6, 6.07) is 9.81. The molecule has 0 saturated carbocycles. The summed E-state index contributed by atoms with van der Waals surface area (Å²) in [6.07, 6.45) is 2.03. The average Bonchev–Trinajstić information content (AvgIpc) is 3.15. The number of nitrogens with zero attached hydrogens (tertiary/aromatic N) is 3. The summed E-state index contributed by atoms with van der Waals surface area (Å²) in [5, 5.41) is 14.8. The summed E-state index contributed by atoms with van der Waals surface area (Å²) in [5.74, 6) is -0.420. The summed E-state index contributed by atoms with van der Waals surface area (Å²) >= 11 is 6.05. The molecule has 0 atom stereocenters. The fourth-order valence-corrected chi connectivity index (χ4v) is 3.40. The number of carbonyl (C=O) groups is 1. The summed E-state index contributed by atoms with van der Waals surface area (Å²) in [7, 11) is 3.71. The summed E-state index contributed by atoms with van der Waals surface area (Å²) in [5.41, 5.74) is 2.07. The molecule has 1 N–H and O–H groups in total. The average molecular weight is 389 g/mol. The number of hydrogen-bond donors (Lipinski definition) is 1. The molecule has 0 radical (unpaired) electrons. The lowest BCUT2D eigenvalue weighted by Gasteiger charge is -2.19. The Labute approximate surface area is 162 Å². The molecule has 2 aromatic rings. The third-order valence-corrected chi connectivity index (χ3v) is 4.80. The lowest BCUT2D eigenvalue weighted by atomic mass is 10.1. The van der Waals surface area contributed by atoms with Gasteiger partial charge in [0.15, 0.2) is 0 Å². The quantitative estimate of drug-likeness (QED) is 0.614. The predicted molar refractivity (Wildman–Crippen MR) is 108 cm³/mol. The first-order valence-electron chi connectivity index (χ1n) is 8.68. The van der Waals surface area contributed by atoms with Gasteiger partial charge >= 0.3 is 0 Å². The first kappa shape index (κ1) is 19.0. The van der Waals surface area contributed by atoms with E-state index in [1.54, 1.807) is 30.3 Å². The van der Waals surface area contributed by atoms with Gasteiger partial charge in [-0.05, 0) is 43.2 Å². The Morgan fingerprint density at radius 3 is 2.52 bits per heavy atom. The van der Waals surface area contributed by atoms with Crippen LogP contribution >= 0.6 is 11.6 Å². The fourth-order valence-electron chi connectivity index (χ4n) is 3.23. The maximum Gasteiger partial charge on any atom is 0.293 e. The van der Waals surface area contributed by atoms with Gasteiger partial charge in [0.1, 0.15) is 5.69 Å². The molecule has 0 bridgehead atoms. The summed E-state index contributed by atoms with van der Waals surface area (Å²) in [6.45, 7) is 1.59. The Bertz CT molecular complexity index is 879. The number of nitro benzene ring substituents is 1. The van der Waals surface area contributed by atoms with Crippen molar-refractivity contribution in [3.05, 3.63) is 57.1 Å². The molecule has 0 spiro atoms. The lowest BCUT2D eigenvalue weighted by molar-refractivity contribution is -0.384. The number of amides is 1. The van der Waals surface area contributed by atoms with Crippen LogP contribution in [0, 0.1) is 10.1 Å². The number of rotatable bonds is 5. The van der Waals surface area contributed by atoms with Crippen LogP contribution in [0.5, 0.6) is 0 Å². The van der Waals surface area contributed by atoms with Gasteiger partial charge in [-0.2, -0.15) is 0 Å². The van der Waals surface area contributed by atoms with E-state index in [9.17, 15) is 14.9 Å². The highest BCUT2D eigenvalue weighted by molar-refractivity contribution is 6.31. The monoisotopic (exact) mass is 388 g/mol. The zero-order chi connectivity index (χ0) is 19.6. The van der Waals surface area contributed by atoms with E-state index >= 15 is 0 Å². The van der Waals surface area contributed by atoms with Crippen molar-refractivity contribution < 1.29 is 9.72 Å². The van der Waals surface area contributed by atoms with Crippen molar-refractivity contribution in [3.63, 3.8) is 0 Å². The first-order valence-corrected chi connectivity index (χ1v) is 9.06. The van der Waals surface area contributed by atoms with Gasteiger partial charge in [0.25, 0.3) is 11.6 Å². The summed E-state index contributed by atoms with van der Waals surface area (Å²) < 4.78 is 0. The van der Waals surface area contributed by atoms with Gasteiger partial charge < -0.3 is 15.1 Å². The molecule has 3 rings (SSSR count). The van der Waals surface area contributed by atoms with E-state index in [2.05, 4.69) is 5.32 Å². The third kappa shape index (κ3) is 4.14. The molecule has 1 heterocycles. The molecule has 1 fully saturated rings. The highest BCUT2D eigenvalue weighted by Crippen LogP contribution is 2.33. The molecule has 0 aliphatic carbocycles. The van der Waals surface area contributed by atoms with E-state index in [0.29, 0.717) is 16.4 Å². The van der Waals surface area contributed by atoms with E-state index in [1.165, 1.54) is 6.07 Å². The maximum absolute atomic E-state index is 12.7. The number of nitrogens with one attached hydrogen (secondary N) is 1. The molecule has 0 aromatic heterocycles. The van der Waals surface area contributed by atoms with Crippen LogP contribution in [0.15, 0.2) is 36.4 Å². The number of anilines is 3. The highest BCUT2D eigenvalue weighted by atomic mass is 35.5. The molecule has 1 amide bonds. The van der Waals surface area contributed by atoms with Crippen LogP contribution in [0.4, 0.5) is 22.7 Å². The van der Waals surface area contributed by atoms with Crippen molar-refractivity contribution in [1.82, 2.24) is 0 Å². The molecule has 0 unspecified atom stereocenters. The van der Waals surface area contributed by atoms with Gasteiger partial charge in [-0.3, -0.25) is 14.9 Å². The number of benzene rings is 2. The molecule has 27 heavy (non-hydrogen) atoms. The maximum atomic E-state index is 12.7. The molecular weight excluding hydrogens is 368 g/mol. The topological polar surface area (TPSA) is 78.7 Å². The Hall–Kier alpha value is -2.80. The van der Waals surface area contributed by atoms with Crippen molar-refractivity contribution in [1.29, 1.82) is 0 Å². The molecule has 1 saturated heterocycles. The van der Waals surface area contributed by atoms with E-state index in [0.717, 1.165) is 31.6 Å². The minimum absolute atomic E-state index is 0.0523. The number of nitro groups is 1. The molecule has 142 valence electrons. The first-order chi connectivity index (χ1) is 12.9. The van der Waals surface area contributed by atoms with Crippen molar-refractivity contribution in [2.24, 2.45) is 0 Å². The van der Waals surface area contributed by atoms with Crippen molar-refractivity contribution >= 4 is 40.3 Å². The van der Waals surface area contributed by atoms with Crippen LogP contribution in [0.2, 0.25) is 5.02 Å². The number of halogens is 1. The van der Waals surface area contributed by atoms with Gasteiger partial charge in [0.2, 0.25) is 0 Å². The van der Waals surface area contributed by atoms with Crippen LogP contribution in [-0.4, -0.2) is 38.0 Å². The summed E-state index contributed by atoms with van der Waals surface area (Å²) in [4.78, 5) is 27.6. The van der Waals surface area contributed by atoms with Crippen LogP contribution in [-0.2, 0) is 0 Å². The van der Waals surface area contributed by atoms with Gasteiger partial charge in [0, 0.05) is 43.8 Å². The smallest absolute Gasteiger partial charge is 0.293 e. The third-order valence-electron chi connectivity index (χ3n) is 4.57. The molecule has 7 nitrogen and oxygen atoms in total. The van der Waals surface area contributed by atoms with Crippen LogP contribution in [0.25, 0.3) is 0 Å². The molecular formula is C19H21ClN4O3. The van der Waals surface area contributed by atoms with E-state index in [1.807, 2.05) is 23.9 Å². The van der Waals surface area contributed by atoms with Gasteiger partial charge in [-0.15, -0.1) is 0 Å². The normalized spacial score (nSPS) is 13.5. The Morgan fingerprint density at radius 1 is 1.19 bits per heavy atom. The lowest BCUT2D eigenvalue weighted by Crippen LogP contribution is -2.20. The minimum Gasteiger partial charge on any atom is -0.376 e. The molecule has 1 aliphatic rings. The van der Waals surface area contributed by atoms with E-state index in [4.69, 9.17) is 11.6 Å². The van der Waals surface area contributed by atoms with Gasteiger partial charge in [-0.25, -0.2) is 0 Å². The second kappa shape index (κ2) is 7.84. The zero-order valence-electron chi connectivity index (χ0n) is 15.2. The Balaban J connectivity index is 1.90. The standard InChI is InChI=1S/C19H21ClN4O3/c1-22(2)16-8-6-14(20)12-15(16)21-19(25)13-5-7-17(18(11-13)24(26)27)23-9-3-4-10-23/h5-8,11-12H,3-4,9-10H2,1-2H3,(H,21,25). The predicted octanol–water partition coefficient (Wildman–Crippen LogP) is 4.17. The molecule has 8 heteroatoms. The second-order valence-electron chi connectivity index (χ2n) is 6.66. The molecule has 1 aliphatic heterocycles. The van der Waals surface area contributed by atoms with Crippen LogP contribution in [0.1, 0.15) is 23.2 Å². The highest BCUT2D eigenvalue weighted by Gasteiger charge is 2.24. The largest absolute Gasteiger partial charge is 0.376 e. The Morgan fingerprint density at radius 2 is 1.89 bits per heavy atom.